The SMILES string of the molecule is NC1CCCCC12CCN(C(=O)CBr)CC2. The van der Waals surface area contributed by atoms with E-state index < -0.39 is 0 Å². The highest BCUT2D eigenvalue weighted by Crippen LogP contribution is 2.43. The van der Waals surface area contributed by atoms with E-state index in [2.05, 4.69) is 15.9 Å². The summed E-state index contributed by atoms with van der Waals surface area (Å²) in [5, 5.41) is 0.450. The molecule has 0 radical (unpaired) electrons. The molecule has 2 N–H and O–H groups in total. The Kier molecular flexibility index (Phi) is 3.90. The van der Waals surface area contributed by atoms with Gasteiger partial charge in [-0.2, -0.15) is 0 Å². The molecule has 1 saturated heterocycles. The van der Waals surface area contributed by atoms with Gasteiger partial charge in [-0.25, -0.2) is 0 Å². The maximum atomic E-state index is 11.6. The van der Waals surface area contributed by atoms with Gasteiger partial charge in [0.15, 0.2) is 0 Å². The number of carbonyl (C=O) groups excluding carboxylic acids is 1. The summed E-state index contributed by atoms with van der Waals surface area (Å²) in [6, 6.07) is 0.363. The minimum absolute atomic E-state index is 0.222. The molecule has 0 aromatic heterocycles. The number of likely N-dealkylation sites (tertiary alicyclic amines) is 1. The third-order valence-corrected chi connectivity index (χ3v) is 4.93. The molecule has 1 aliphatic heterocycles. The summed E-state index contributed by atoms with van der Waals surface area (Å²) >= 11 is 3.23. The van der Waals surface area contributed by atoms with Gasteiger partial charge in [0.1, 0.15) is 0 Å². The number of carbonyl (C=O) groups is 1. The molecule has 1 aliphatic carbocycles. The number of amides is 1. The molecule has 1 unspecified atom stereocenters. The van der Waals surface area contributed by atoms with E-state index in [4.69, 9.17) is 5.73 Å². The molecule has 16 heavy (non-hydrogen) atoms. The Balaban J connectivity index is 1.95. The maximum Gasteiger partial charge on any atom is 0.233 e. The van der Waals surface area contributed by atoms with Gasteiger partial charge in [0.25, 0.3) is 0 Å². The van der Waals surface area contributed by atoms with Gasteiger partial charge < -0.3 is 10.6 Å². The van der Waals surface area contributed by atoms with Gasteiger partial charge >= 0.3 is 0 Å². The third-order valence-electron chi connectivity index (χ3n) is 4.45. The van der Waals surface area contributed by atoms with E-state index in [1.165, 1.54) is 25.7 Å². The molecular formula is C12H21BrN2O. The maximum absolute atomic E-state index is 11.6. The van der Waals surface area contributed by atoms with Gasteiger partial charge in [0, 0.05) is 19.1 Å². The molecule has 3 nitrogen and oxygen atoms in total. The van der Waals surface area contributed by atoms with Crippen LogP contribution in [0.3, 0.4) is 0 Å². The number of hydrogen-bond acceptors (Lipinski definition) is 2. The number of nitrogens with two attached hydrogens (primary N) is 1. The average Bonchev–Trinajstić information content (AvgIpc) is 2.33. The van der Waals surface area contributed by atoms with Crippen LogP contribution >= 0.6 is 15.9 Å². The first-order valence-corrected chi connectivity index (χ1v) is 7.39. The Labute approximate surface area is 106 Å². The fraction of sp³-hybridized carbons (Fsp3) is 0.917. The lowest BCUT2D eigenvalue weighted by molar-refractivity contribution is -0.131. The average molecular weight is 289 g/mol. The minimum Gasteiger partial charge on any atom is -0.342 e. The van der Waals surface area contributed by atoms with Crippen molar-refractivity contribution in [3.8, 4) is 0 Å². The molecule has 1 atom stereocenters. The topological polar surface area (TPSA) is 46.3 Å². The van der Waals surface area contributed by atoms with E-state index in [1.54, 1.807) is 0 Å². The number of halogens is 1. The zero-order valence-electron chi connectivity index (χ0n) is 9.75. The van der Waals surface area contributed by atoms with Gasteiger partial charge in [0.2, 0.25) is 5.91 Å². The Morgan fingerprint density at radius 2 is 2.00 bits per heavy atom. The van der Waals surface area contributed by atoms with Crippen LogP contribution < -0.4 is 5.73 Å². The molecule has 0 aromatic carbocycles. The van der Waals surface area contributed by atoms with Crippen LogP contribution in [0.1, 0.15) is 38.5 Å². The van der Waals surface area contributed by atoms with Crippen LogP contribution in [0.2, 0.25) is 0 Å². The second kappa shape index (κ2) is 5.05. The molecule has 2 rings (SSSR count). The highest BCUT2D eigenvalue weighted by Gasteiger charge is 2.41. The van der Waals surface area contributed by atoms with Gasteiger partial charge in [-0.05, 0) is 31.1 Å². The quantitative estimate of drug-likeness (QED) is 0.749. The lowest BCUT2D eigenvalue weighted by Gasteiger charge is -2.48. The minimum atomic E-state index is 0.222. The zero-order chi connectivity index (χ0) is 11.6. The van der Waals surface area contributed by atoms with Crippen molar-refractivity contribution in [2.24, 2.45) is 11.1 Å². The van der Waals surface area contributed by atoms with Crippen LogP contribution in [0.5, 0.6) is 0 Å². The van der Waals surface area contributed by atoms with Gasteiger partial charge in [-0.15, -0.1) is 0 Å². The van der Waals surface area contributed by atoms with Gasteiger partial charge in [-0.1, -0.05) is 28.8 Å². The monoisotopic (exact) mass is 288 g/mol. The fourth-order valence-corrected chi connectivity index (χ4v) is 3.59. The molecule has 4 heteroatoms. The van der Waals surface area contributed by atoms with Crippen molar-refractivity contribution >= 4 is 21.8 Å². The summed E-state index contributed by atoms with van der Waals surface area (Å²) in [4.78, 5) is 13.5. The Morgan fingerprint density at radius 1 is 1.31 bits per heavy atom. The summed E-state index contributed by atoms with van der Waals surface area (Å²) < 4.78 is 0. The second-order valence-electron chi connectivity index (χ2n) is 5.23. The fourth-order valence-electron chi connectivity index (χ4n) is 3.24. The van der Waals surface area contributed by atoms with Crippen molar-refractivity contribution in [1.82, 2.24) is 4.90 Å². The molecule has 1 amide bonds. The number of alkyl halides is 1. The number of nitrogens with zero attached hydrogens (tertiary/aromatic N) is 1. The van der Waals surface area contributed by atoms with Crippen LogP contribution in [0, 0.1) is 5.41 Å². The van der Waals surface area contributed by atoms with E-state index in [1.807, 2.05) is 4.90 Å². The normalized spacial score (nSPS) is 29.4. The van der Waals surface area contributed by atoms with E-state index in [-0.39, 0.29) is 5.91 Å². The predicted molar refractivity (Wildman–Crippen MR) is 68.5 cm³/mol. The Bertz CT molecular complexity index is 262. The van der Waals surface area contributed by atoms with Crippen molar-refractivity contribution in [2.45, 2.75) is 44.6 Å². The number of rotatable bonds is 1. The van der Waals surface area contributed by atoms with Crippen molar-refractivity contribution in [1.29, 1.82) is 0 Å². The standard InChI is InChI=1S/C12H21BrN2O/c13-9-11(16)15-7-5-12(6-8-15)4-2-1-3-10(12)14/h10H,1-9,14H2. The molecular weight excluding hydrogens is 268 g/mol. The molecule has 1 spiro atoms. The van der Waals surface area contributed by atoms with Crippen molar-refractivity contribution in [3.63, 3.8) is 0 Å². The lowest BCUT2D eigenvalue weighted by atomic mass is 9.65. The van der Waals surface area contributed by atoms with E-state index in [0.29, 0.717) is 16.8 Å². The van der Waals surface area contributed by atoms with Crippen LogP contribution in [0.15, 0.2) is 0 Å². The first-order valence-electron chi connectivity index (χ1n) is 6.27. The highest BCUT2D eigenvalue weighted by atomic mass is 79.9. The van der Waals surface area contributed by atoms with Crippen LogP contribution in [0.4, 0.5) is 0 Å². The molecule has 2 aliphatic rings. The Morgan fingerprint density at radius 3 is 2.56 bits per heavy atom. The summed E-state index contributed by atoms with van der Waals surface area (Å²) in [5.41, 5.74) is 6.63. The number of piperidine rings is 1. The van der Waals surface area contributed by atoms with Crippen molar-refractivity contribution < 1.29 is 4.79 Å². The highest BCUT2D eigenvalue weighted by molar-refractivity contribution is 9.09. The van der Waals surface area contributed by atoms with Crippen molar-refractivity contribution in [3.05, 3.63) is 0 Å². The van der Waals surface area contributed by atoms with Crippen molar-refractivity contribution in [2.75, 3.05) is 18.4 Å². The molecule has 0 aromatic rings. The molecule has 92 valence electrons. The van der Waals surface area contributed by atoms with Crippen LogP contribution in [-0.2, 0) is 4.79 Å². The molecule has 2 fully saturated rings. The summed E-state index contributed by atoms with van der Waals surface area (Å²) in [6.45, 7) is 1.80. The predicted octanol–water partition coefficient (Wildman–Crippen LogP) is 1.89. The zero-order valence-corrected chi connectivity index (χ0v) is 11.3. The molecule has 1 saturated carbocycles. The van der Waals surface area contributed by atoms with E-state index in [0.717, 1.165) is 25.9 Å². The lowest BCUT2D eigenvalue weighted by Crippen LogP contribution is -2.52. The summed E-state index contributed by atoms with van der Waals surface area (Å²) in [6.07, 6.45) is 7.25. The molecule has 1 heterocycles. The van der Waals surface area contributed by atoms with Gasteiger partial charge in [0.05, 0.1) is 5.33 Å². The first-order chi connectivity index (χ1) is 7.68. The van der Waals surface area contributed by atoms with Gasteiger partial charge in [-0.3, -0.25) is 4.79 Å². The van der Waals surface area contributed by atoms with Crippen LogP contribution in [0.25, 0.3) is 0 Å². The first kappa shape index (κ1) is 12.4. The van der Waals surface area contributed by atoms with Crippen LogP contribution in [-0.4, -0.2) is 35.3 Å². The third kappa shape index (κ3) is 2.28. The number of hydrogen-bond donors (Lipinski definition) is 1. The largest absolute Gasteiger partial charge is 0.342 e. The molecule has 0 bridgehead atoms. The summed E-state index contributed by atoms with van der Waals surface area (Å²) in [7, 11) is 0. The second-order valence-corrected chi connectivity index (χ2v) is 5.79. The van der Waals surface area contributed by atoms with E-state index in [9.17, 15) is 4.79 Å². The smallest absolute Gasteiger partial charge is 0.233 e. The van der Waals surface area contributed by atoms with E-state index >= 15 is 0 Å². The summed E-state index contributed by atoms with van der Waals surface area (Å²) in [5.74, 6) is 0.222. The Hall–Kier alpha value is -0.0900.